The number of fused-ring (bicyclic) bond motifs is 1. The fourth-order valence-corrected chi connectivity index (χ4v) is 2.68. The van der Waals surface area contributed by atoms with Crippen molar-refractivity contribution in [2.75, 3.05) is 23.4 Å². The van der Waals surface area contributed by atoms with Crippen LogP contribution in [-0.4, -0.2) is 36.0 Å². The van der Waals surface area contributed by atoms with Crippen LogP contribution in [0.2, 0.25) is 0 Å². The second kappa shape index (κ2) is 7.26. The maximum absolute atomic E-state index is 12.3. The molecule has 2 N–H and O–H groups in total. The van der Waals surface area contributed by atoms with Crippen LogP contribution < -0.4 is 15.0 Å². The van der Waals surface area contributed by atoms with Crippen LogP contribution >= 0.6 is 0 Å². The number of amides is 2. The first-order chi connectivity index (χ1) is 12.5. The van der Waals surface area contributed by atoms with Gasteiger partial charge in [-0.3, -0.25) is 14.5 Å². The summed E-state index contributed by atoms with van der Waals surface area (Å²) in [5.74, 6) is -1.53. The molecule has 0 bridgehead atoms. The largest absolute Gasteiger partial charge is 0.482 e. The molecule has 0 fully saturated rings. The lowest BCUT2D eigenvalue weighted by molar-refractivity contribution is -0.123. The van der Waals surface area contributed by atoms with Gasteiger partial charge in [0.1, 0.15) is 12.3 Å². The second-order valence-corrected chi connectivity index (χ2v) is 5.85. The summed E-state index contributed by atoms with van der Waals surface area (Å²) in [5, 5.41) is 11.8. The Morgan fingerprint density at radius 1 is 1.19 bits per heavy atom. The Balaban J connectivity index is 1.75. The fourth-order valence-electron chi connectivity index (χ4n) is 2.68. The molecule has 1 aliphatic heterocycles. The molecular formula is C19H18N2O5. The zero-order valence-electron chi connectivity index (χ0n) is 14.2. The molecule has 0 aromatic heterocycles. The molecule has 2 amide bonds. The number of carbonyl (C=O) groups is 3. The molecule has 0 radical (unpaired) electrons. The van der Waals surface area contributed by atoms with Crippen LogP contribution in [0.3, 0.4) is 0 Å². The molecule has 0 unspecified atom stereocenters. The van der Waals surface area contributed by atoms with Crippen LogP contribution in [0.15, 0.2) is 42.5 Å². The summed E-state index contributed by atoms with van der Waals surface area (Å²) in [6.45, 7) is 1.62. The number of aryl methyl sites for hydroxylation is 1. The first kappa shape index (κ1) is 17.5. The van der Waals surface area contributed by atoms with Crippen LogP contribution in [0, 0.1) is 0 Å². The lowest BCUT2D eigenvalue weighted by Crippen LogP contribution is -2.43. The highest BCUT2D eigenvalue weighted by atomic mass is 16.5. The van der Waals surface area contributed by atoms with Crippen LogP contribution in [0.5, 0.6) is 5.75 Å². The highest BCUT2D eigenvalue weighted by Gasteiger charge is 2.28. The quantitative estimate of drug-likeness (QED) is 0.859. The number of carboxylic acid groups (broad SMARTS) is 1. The van der Waals surface area contributed by atoms with Gasteiger partial charge in [0.2, 0.25) is 5.91 Å². The van der Waals surface area contributed by atoms with E-state index in [1.54, 1.807) is 0 Å². The van der Waals surface area contributed by atoms with E-state index in [-0.39, 0.29) is 36.3 Å². The molecular weight excluding hydrogens is 336 g/mol. The number of carboxylic acids is 1. The summed E-state index contributed by atoms with van der Waals surface area (Å²) in [5.41, 5.74) is 2.24. The van der Waals surface area contributed by atoms with E-state index in [9.17, 15) is 14.4 Å². The summed E-state index contributed by atoms with van der Waals surface area (Å²) in [6.07, 6.45) is 0.908. The minimum atomic E-state index is -1.09. The van der Waals surface area contributed by atoms with Crippen molar-refractivity contribution in [1.82, 2.24) is 0 Å². The summed E-state index contributed by atoms with van der Waals surface area (Å²) >= 11 is 0. The lowest BCUT2D eigenvalue weighted by Gasteiger charge is -2.29. The van der Waals surface area contributed by atoms with Gasteiger partial charge in [0.15, 0.2) is 6.61 Å². The van der Waals surface area contributed by atoms with E-state index in [4.69, 9.17) is 9.84 Å². The van der Waals surface area contributed by atoms with E-state index in [0.29, 0.717) is 11.4 Å². The Morgan fingerprint density at radius 3 is 2.58 bits per heavy atom. The van der Waals surface area contributed by atoms with E-state index in [2.05, 4.69) is 5.32 Å². The Kier molecular flexibility index (Phi) is 4.88. The van der Waals surface area contributed by atoms with Crippen LogP contribution in [-0.2, 0) is 16.0 Å². The van der Waals surface area contributed by atoms with Crippen LogP contribution in [0.4, 0.5) is 11.4 Å². The highest BCUT2D eigenvalue weighted by Crippen LogP contribution is 2.32. The Morgan fingerprint density at radius 2 is 1.92 bits per heavy atom. The van der Waals surface area contributed by atoms with Crippen LogP contribution in [0.25, 0.3) is 0 Å². The Bertz CT molecular complexity index is 861. The van der Waals surface area contributed by atoms with Crippen molar-refractivity contribution in [2.24, 2.45) is 0 Å². The topological polar surface area (TPSA) is 95.9 Å². The molecule has 0 saturated heterocycles. The number of anilines is 2. The van der Waals surface area contributed by atoms with Gasteiger partial charge in [0, 0.05) is 5.69 Å². The molecule has 26 heavy (non-hydrogen) atoms. The number of carbonyl (C=O) groups excluding carboxylic acids is 2. The van der Waals surface area contributed by atoms with Gasteiger partial charge in [-0.1, -0.05) is 19.1 Å². The van der Waals surface area contributed by atoms with Crippen molar-refractivity contribution >= 4 is 29.2 Å². The summed E-state index contributed by atoms with van der Waals surface area (Å²) in [6, 6.07) is 11.7. The van der Waals surface area contributed by atoms with E-state index in [1.165, 1.54) is 23.1 Å². The Labute approximate surface area is 150 Å². The molecule has 134 valence electrons. The number of rotatable bonds is 5. The third kappa shape index (κ3) is 3.66. The number of hydrogen-bond acceptors (Lipinski definition) is 4. The predicted octanol–water partition coefficient (Wildman–Crippen LogP) is 2.31. The van der Waals surface area contributed by atoms with Gasteiger partial charge >= 0.3 is 5.97 Å². The molecule has 2 aromatic carbocycles. The standard InChI is InChI=1S/C19H18N2O5/c1-2-12-3-6-14(7-4-12)20-17(22)10-21-15-8-5-13(19(24)25)9-16(15)26-11-18(21)23/h3-9H,2,10-11H2,1H3,(H,20,22)(H,24,25). The van der Waals surface area contributed by atoms with Crippen molar-refractivity contribution < 1.29 is 24.2 Å². The van der Waals surface area contributed by atoms with E-state index < -0.39 is 5.97 Å². The zero-order valence-corrected chi connectivity index (χ0v) is 14.2. The monoisotopic (exact) mass is 354 g/mol. The van der Waals surface area contributed by atoms with Gasteiger partial charge in [-0.25, -0.2) is 4.79 Å². The first-order valence-electron chi connectivity index (χ1n) is 8.17. The van der Waals surface area contributed by atoms with Gasteiger partial charge in [-0.15, -0.1) is 0 Å². The predicted molar refractivity (Wildman–Crippen MR) is 95.7 cm³/mol. The number of hydrogen-bond donors (Lipinski definition) is 2. The maximum atomic E-state index is 12.3. The molecule has 2 aromatic rings. The van der Waals surface area contributed by atoms with Crippen molar-refractivity contribution in [3.05, 3.63) is 53.6 Å². The number of nitrogens with zero attached hydrogens (tertiary/aromatic N) is 1. The third-order valence-electron chi connectivity index (χ3n) is 4.10. The Hall–Kier alpha value is -3.35. The molecule has 0 atom stereocenters. The van der Waals surface area contributed by atoms with Crippen molar-refractivity contribution in [2.45, 2.75) is 13.3 Å². The van der Waals surface area contributed by atoms with Crippen molar-refractivity contribution in [3.63, 3.8) is 0 Å². The second-order valence-electron chi connectivity index (χ2n) is 5.85. The van der Waals surface area contributed by atoms with Gasteiger partial charge < -0.3 is 15.2 Å². The maximum Gasteiger partial charge on any atom is 0.335 e. The lowest BCUT2D eigenvalue weighted by atomic mass is 10.1. The van der Waals surface area contributed by atoms with Gasteiger partial charge in [-0.2, -0.15) is 0 Å². The van der Waals surface area contributed by atoms with E-state index >= 15 is 0 Å². The normalized spacial score (nSPS) is 13.0. The van der Waals surface area contributed by atoms with Gasteiger partial charge in [-0.05, 0) is 42.3 Å². The van der Waals surface area contributed by atoms with E-state index in [0.717, 1.165) is 12.0 Å². The summed E-state index contributed by atoms with van der Waals surface area (Å²) in [7, 11) is 0. The fraction of sp³-hybridized carbons (Fsp3) is 0.211. The third-order valence-corrected chi connectivity index (χ3v) is 4.10. The number of benzene rings is 2. The van der Waals surface area contributed by atoms with Crippen LogP contribution in [0.1, 0.15) is 22.8 Å². The van der Waals surface area contributed by atoms with E-state index in [1.807, 2.05) is 31.2 Å². The zero-order chi connectivity index (χ0) is 18.7. The SMILES string of the molecule is CCc1ccc(NC(=O)CN2C(=O)COc3cc(C(=O)O)ccc32)cc1. The number of nitrogens with one attached hydrogen (secondary N) is 1. The minimum Gasteiger partial charge on any atom is -0.482 e. The molecule has 0 saturated carbocycles. The summed E-state index contributed by atoms with van der Waals surface area (Å²) < 4.78 is 5.30. The van der Waals surface area contributed by atoms with Crippen molar-refractivity contribution in [1.29, 1.82) is 0 Å². The van der Waals surface area contributed by atoms with Gasteiger partial charge in [0.25, 0.3) is 5.91 Å². The molecule has 0 aliphatic carbocycles. The number of aromatic carboxylic acids is 1. The minimum absolute atomic E-state index is 0.0542. The average Bonchev–Trinajstić information content (AvgIpc) is 2.64. The molecule has 0 spiro atoms. The van der Waals surface area contributed by atoms with Crippen molar-refractivity contribution in [3.8, 4) is 5.75 Å². The number of ether oxygens (including phenoxy) is 1. The molecule has 7 heteroatoms. The first-order valence-corrected chi connectivity index (χ1v) is 8.17. The van der Waals surface area contributed by atoms with Gasteiger partial charge in [0.05, 0.1) is 11.3 Å². The molecule has 1 aliphatic rings. The molecule has 7 nitrogen and oxygen atoms in total. The smallest absolute Gasteiger partial charge is 0.335 e. The highest BCUT2D eigenvalue weighted by molar-refractivity contribution is 6.05. The summed E-state index contributed by atoms with van der Waals surface area (Å²) in [4.78, 5) is 36.8. The average molecular weight is 354 g/mol. The molecule has 1 heterocycles. The molecule has 3 rings (SSSR count).